The molecule has 0 saturated carbocycles. The number of rotatable bonds is 4. The Morgan fingerprint density at radius 3 is 2.74 bits per heavy atom. The van der Waals surface area contributed by atoms with Gasteiger partial charge in [-0.1, -0.05) is 41.4 Å². The molecule has 7 heteroatoms. The summed E-state index contributed by atoms with van der Waals surface area (Å²) >= 11 is 6.05. The second-order valence-corrected chi connectivity index (χ2v) is 8.69. The number of nitrogens with zero attached hydrogens (tertiary/aromatic N) is 3. The van der Waals surface area contributed by atoms with E-state index in [1.54, 1.807) is 23.1 Å². The zero-order chi connectivity index (χ0) is 22.0. The number of carbonyl (C=O) groups is 2. The lowest BCUT2D eigenvalue weighted by Crippen LogP contribution is -2.59. The van der Waals surface area contributed by atoms with Crippen LogP contribution >= 0.6 is 11.6 Å². The molecule has 2 aliphatic rings. The third kappa shape index (κ3) is 4.70. The number of amides is 2. The highest BCUT2D eigenvalue weighted by Gasteiger charge is 2.38. The third-order valence-corrected chi connectivity index (χ3v) is 6.33. The van der Waals surface area contributed by atoms with E-state index in [9.17, 15) is 9.59 Å². The lowest BCUT2D eigenvalue weighted by Gasteiger charge is -2.40. The molecule has 2 aromatic carbocycles. The first-order chi connectivity index (χ1) is 15.0. The van der Waals surface area contributed by atoms with Crippen LogP contribution in [0.2, 0.25) is 5.02 Å². The molecule has 4 rings (SSSR count). The zero-order valence-electron chi connectivity index (χ0n) is 18.0. The minimum absolute atomic E-state index is 0.0931. The predicted octanol–water partition coefficient (Wildman–Crippen LogP) is 3.22. The Hall–Kier alpha value is -2.57. The first-order valence-electron chi connectivity index (χ1n) is 10.7. The van der Waals surface area contributed by atoms with Gasteiger partial charge in [0.15, 0.2) is 0 Å². The number of benzene rings is 2. The number of ether oxygens (including phenoxy) is 1. The molecule has 2 heterocycles. The van der Waals surface area contributed by atoms with Gasteiger partial charge in [-0.05, 0) is 37.1 Å². The predicted molar refractivity (Wildman–Crippen MR) is 120 cm³/mol. The van der Waals surface area contributed by atoms with E-state index in [-0.39, 0.29) is 17.9 Å². The SMILES string of the molecule is COc1cc(Cl)ccc1C(=O)N1CCCN2CCN(Cc3cccc(C)c3)C(=O)C2C1. The molecule has 0 spiro atoms. The molecule has 0 aromatic heterocycles. The average molecular weight is 442 g/mol. The van der Waals surface area contributed by atoms with Crippen LogP contribution in [0.3, 0.4) is 0 Å². The summed E-state index contributed by atoms with van der Waals surface area (Å²) in [5.74, 6) is 0.421. The molecule has 0 bridgehead atoms. The summed E-state index contributed by atoms with van der Waals surface area (Å²) in [6.45, 7) is 6.01. The van der Waals surface area contributed by atoms with Crippen molar-refractivity contribution in [3.63, 3.8) is 0 Å². The molecule has 2 aliphatic heterocycles. The van der Waals surface area contributed by atoms with E-state index >= 15 is 0 Å². The van der Waals surface area contributed by atoms with Crippen molar-refractivity contribution in [3.05, 3.63) is 64.2 Å². The summed E-state index contributed by atoms with van der Waals surface area (Å²) in [5, 5.41) is 0.518. The fourth-order valence-corrected chi connectivity index (χ4v) is 4.65. The Labute approximate surface area is 188 Å². The third-order valence-electron chi connectivity index (χ3n) is 6.10. The summed E-state index contributed by atoms with van der Waals surface area (Å²) in [4.78, 5) is 32.6. The lowest BCUT2D eigenvalue weighted by molar-refractivity contribution is -0.142. The maximum Gasteiger partial charge on any atom is 0.257 e. The second-order valence-electron chi connectivity index (χ2n) is 8.25. The maximum absolute atomic E-state index is 13.4. The molecule has 2 fully saturated rings. The van der Waals surface area contributed by atoms with Gasteiger partial charge in [0.05, 0.1) is 12.7 Å². The van der Waals surface area contributed by atoms with Gasteiger partial charge in [0.2, 0.25) is 5.91 Å². The number of hydrogen-bond donors (Lipinski definition) is 0. The Bertz CT molecular complexity index is 980. The van der Waals surface area contributed by atoms with Crippen molar-refractivity contribution in [3.8, 4) is 5.75 Å². The summed E-state index contributed by atoms with van der Waals surface area (Å²) < 4.78 is 5.37. The molecule has 2 amide bonds. The quantitative estimate of drug-likeness (QED) is 0.731. The molecule has 2 aromatic rings. The number of aryl methyl sites for hydroxylation is 1. The van der Waals surface area contributed by atoms with Gasteiger partial charge in [0.25, 0.3) is 5.91 Å². The Morgan fingerprint density at radius 1 is 1.13 bits per heavy atom. The Kier molecular flexibility index (Phi) is 6.49. The van der Waals surface area contributed by atoms with E-state index in [1.807, 2.05) is 11.0 Å². The smallest absolute Gasteiger partial charge is 0.257 e. The van der Waals surface area contributed by atoms with Crippen LogP contribution in [0.1, 0.15) is 27.9 Å². The minimum atomic E-state index is -0.316. The van der Waals surface area contributed by atoms with Gasteiger partial charge in [0, 0.05) is 44.3 Å². The zero-order valence-corrected chi connectivity index (χ0v) is 18.8. The van der Waals surface area contributed by atoms with Crippen LogP contribution in [0.5, 0.6) is 5.75 Å². The number of halogens is 1. The van der Waals surface area contributed by atoms with E-state index in [0.29, 0.717) is 42.5 Å². The van der Waals surface area contributed by atoms with Gasteiger partial charge in [-0.3, -0.25) is 14.5 Å². The normalized spacial score (nSPS) is 19.7. The average Bonchev–Trinajstić information content (AvgIpc) is 2.98. The molecule has 31 heavy (non-hydrogen) atoms. The van der Waals surface area contributed by atoms with E-state index in [0.717, 1.165) is 25.1 Å². The van der Waals surface area contributed by atoms with Crippen molar-refractivity contribution in [2.24, 2.45) is 0 Å². The fraction of sp³-hybridized carbons (Fsp3) is 0.417. The maximum atomic E-state index is 13.4. The van der Waals surface area contributed by atoms with Gasteiger partial charge in [-0.15, -0.1) is 0 Å². The van der Waals surface area contributed by atoms with Crippen LogP contribution in [0.4, 0.5) is 0 Å². The van der Waals surface area contributed by atoms with Gasteiger partial charge in [-0.2, -0.15) is 0 Å². The van der Waals surface area contributed by atoms with Crippen LogP contribution in [0, 0.1) is 6.92 Å². The fourth-order valence-electron chi connectivity index (χ4n) is 4.49. The number of fused-ring (bicyclic) bond motifs is 1. The summed E-state index contributed by atoms with van der Waals surface area (Å²) in [6, 6.07) is 13.0. The summed E-state index contributed by atoms with van der Waals surface area (Å²) in [6.07, 6.45) is 0.837. The highest BCUT2D eigenvalue weighted by Crippen LogP contribution is 2.26. The highest BCUT2D eigenvalue weighted by molar-refractivity contribution is 6.30. The van der Waals surface area contributed by atoms with Crippen LogP contribution in [0.15, 0.2) is 42.5 Å². The highest BCUT2D eigenvalue weighted by atomic mass is 35.5. The largest absolute Gasteiger partial charge is 0.496 e. The van der Waals surface area contributed by atoms with Crippen LogP contribution in [-0.4, -0.2) is 72.4 Å². The molecule has 0 N–H and O–H groups in total. The monoisotopic (exact) mass is 441 g/mol. The topological polar surface area (TPSA) is 53.1 Å². The number of methoxy groups -OCH3 is 1. The van der Waals surface area contributed by atoms with Crippen molar-refractivity contribution in [1.82, 2.24) is 14.7 Å². The van der Waals surface area contributed by atoms with Crippen molar-refractivity contribution in [2.45, 2.75) is 25.9 Å². The second kappa shape index (κ2) is 9.28. The molecular formula is C24H28ClN3O3. The Morgan fingerprint density at radius 2 is 1.97 bits per heavy atom. The van der Waals surface area contributed by atoms with E-state index in [4.69, 9.17) is 16.3 Å². The first kappa shape index (κ1) is 21.7. The van der Waals surface area contributed by atoms with E-state index in [1.165, 1.54) is 12.7 Å². The molecular weight excluding hydrogens is 414 g/mol. The van der Waals surface area contributed by atoms with Gasteiger partial charge in [0.1, 0.15) is 11.8 Å². The van der Waals surface area contributed by atoms with Gasteiger partial charge >= 0.3 is 0 Å². The summed E-state index contributed by atoms with van der Waals surface area (Å²) in [7, 11) is 1.53. The molecule has 2 saturated heterocycles. The van der Waals surface area contributed by atoms with Gasteiger partial charge < -0.3 is 14.5 Å². The molecule has 1 atom stereocenters. The van der Waals surface area contributed by atoms with E-state index in [2.05, 4.69) is 30.0 Å². The summed E-state index contributed by atoms with van der Waals surface area (Å²) in [5.41, 5.74) is 2.79. The number of hydrogen-bond acceptors (Lipinski definition) is 4. The van der Waals surface area contributed by atoms with Crippen LogP contribution in [-0.2, 0) is 11.3 Å². The lowest BCUT2D eigenvalue weighted by atomic mass is 10.1. The van der Waals surface area contributed by atoms with Crippen LogP contribution in [0.25, 0.3) is 0 Å². The minimum Gasteiger partial charge on any atom is -0.496 e. The van der Waals surface area contributed by atoms with Crippen LogP contribution < -0.4 is 4.74 Å². The first-order valence-corrected chi connectivity index (χ1v) is 11.1. The van der Waals surface area contributed by atoms with Crippen molar-refractivity contribution >= 4 is 23.4 Å². The number of piperazine rings is 1. The molecule has 1 unspecified atom stereocenters. The van der Waals surface area contributed by atoms with Crippen molar-refractivity contribution in [2.75, 3.05) is 39.8 Å². The standard InChI is InChI=1S/C24H28ClN3O3/c1-17-5-3-6-18(13-17)15-28-12-11-26-9-4-10-27(16-21(26)24(28)30)23(29)20-8-7-19(25)14-22(20)31-2/h3,5-8,13-14,21H,4,9-12,15-16H2,1-2H3. The Balaban J connectivity index is 1.52. The van der Waals surface area contributed by atoms with E-state index < -0.39 is 0 Å². The molecule has 6 nitrogen and oxygen atoms in total. The molecule has 0 aliphatic carbocycles. The van der Waals surface area contributed by atoms with Crippen molar-refractivity contribution in [1.29, 1.82) is 0 Å². The van der Waals surface area contributed by atoms with Gasteiger partial charge in [-0.25, -0.2) is 0 Å². The van der Waals surface area contributed by atoms with Crippen molar-refractivity contribution < 1.29 is 14.3 Å². The number of carbonyl (C=O) groups excluding carboxylic acids is 2. The molecule has 164 valence electrons. The molecule has 0 radical (unpaired) electrons.